The molecule has 1 saturated carbocycles. The second-order valence-corrected chi connectivity index (χ2v) is 6.93. The molecule has 0 aromatic heterocycles. The van der Waals surface area contributed by atoms with Crippen LogP contribution in [0.2, 0.25) is 0 Å². The average Bonchev–Trinajstić information content (AvgIpc) is 2.67. The smallest absolute Gasteiger partial charge is 0.334 e. The van der Waals surface area contributed by atoms with Crippen LogP contribution in [0.25, 0.3) is 0 Å². The van der Waals surface area contributed by atoms with Crippen molar-refractivity contribution in [3.8, 4) is 0 Å². The van der Waals surface area contributed by atoms with Gasteiger partial charge in [-0.15, -0.1) is 0 Å². The van der Waals surface area contributed by atoms with Crippen LogP contribution in [-0.2, 0) is 23.9 Å². The third-order valence-electron chi connectivity index (χ3n) is 5.36. The second-order valence-electron chi connectivity index (χ2n) is 6.93. The van der Waals surface area contributed by atoms with E-state index in [1.54, 1.807) is 0 Å². The number of fused-ring (bicyclic) bond motifs is 2. The molecule has 2 fully saturated rings. The van der Waals surface area contributed by atoms with E-state index < -0.39 is 5.97 Å². The van der Waals surface area contributed by atoms with Crippen molar-refractivity contribution in [2.45, 2.75) is 46.1 Å². The quantitative estimate of drug-likeness (QED) is 0.549. The highest BCUT2D eigenvalue weighted by molar-refractivity contribution is 5.98. The summed E-state index contributed by atoms with van der Waals surface area (Å²) in [7, 11) is 0. The number of allylic oxidation sites excluding steroid dienone is 2. The van der Waals surface area contributed by atoms with Crippen LogP contribution in [0.15, 0.2) is 23.5 Å². The molecule has 22 heavy (non-hydrogen) atoms. The largest absolute Gasteiger partial charge is 0.458 e. The Morgan fingerprint density at radius 2 is 2.09 bits per heavy atom. The number of ether oxygens (including phenoxy) is 2. The fraction of sp³-hybridized carbons (Fsp3) is 0.588. The molecular formula is C17H20O5. The topological polar surface area (TPSA) is 69.7 Å². The molecule has 1 heterocycles. The molecule has 2 aliphatic carbocycles. The van der Waals surface area contributed by atoms with E-state index in [2.05, 4.69) is 13.5 Å². The molecule has 0 aromatic rings. The third kappa shape index (κ3) is 2.11. The summed E-state index contributed by atoms with van der Waals surface area (Å²) in [5.74, 6) is -0.689. The van der Waals surface area contributed by atoms with Crippen molar-refractivity contribution >= 4 is 17.7 Å². The van der Waals surface area contributed by atoms with Gasteiger partial charge in [0.25, 0.3) is 0 Å². The van der Waals surface area contributed by atoms with Crippen LogP contribution in [0.4, 0.5) is 0 Å². The van der Waals surface area contributed by atoms with Gasteiger partial charge in [-0.2, -0.15) is 0 Å². The number of hydrogen-bond donors (Lipinski definition) is 0. The van der Waals surface area contributed by atoms with Gasteiger partial charge < -0.3 is 9.47 Å². The number of rotatable bonds is 1. The van der Waals surface area contributed by atoms with Crippen LogP contribution >= 0.6 is 0 Å². The molecule has 5 heteroatoms. The zero-order valence-electron chi connectivity index (χ0n) is 13.1. The molecule has 5 nitrogen and oxygen atoms in total. The molecule has 4 atom stereocenters. The van der Waals surface area contributed by atoms with Gasteiger partial charge in [-0.25, -0.2) is 4.79 Å². The summed E-state index contributed by atoms with van der Waals surface area (Å²) < 4.78 is 10.5. The fourth-order valence-electron chi connectivity index (χ4n) is 4.29. The van der Waals surface area contributed by atoms with Gasteiger partial charge in [-0.1, -0.05) is 13.5 Å². The molecule has 0 spiro atoms. The molecular weight excluding hydrogens is 284 g/mol. The summed E-state index contributed by atoms with van der Waals surface area (Å²) in [6.45, 7) is 9.04. The molecule has 3 aliphatic rings. The Morgan fingerprint density at radius 3 is 2.73 bits per heavy atom. The van der Waals surface area contributed by atoms with Crippen LogP contribution in [0, 0.1) is 17.3 Å². The third-order valence-corrected chi connectivity index (χ3v) is 5.36. The lowest BCUT2D eigenvalue weighted by atomic mass is 9.56. The maximum atomic E-state index is 12.4. The molecule has 0 amide bonds. The molecule has 0 bridgehead atoms. The zero-order chi connectivity index (χ0) is 16.2. The molecule has 0 N–H and O–H groups in total. The normalized spacial score (nSPS) is 37.6. The zero-order valence-corrected chi connectivity index (χ0v) is 13.1. The van der Waals surface area contributed by atoms with Crippen molar-refractivity contribution in [2.75, 3.05) is 0 Å². The predicted octanol–water partition coefficient (Wildman–Crippen LogP) is 2.31. The number of Topliss-reactive ketones (excluding diaryl/α,β-unsaturated/α-hetero) is 1. The number of ketones is 1. The van der Waals surface area contributed by atoms with Crippen molar-refractivity contribution in [3.05, 3.63) is 23.5 Å². The fourth-order valence-corrected chi connectivity index (χ4v) is 4.29. The molecule has 3 rings (SSSR count). The van der Waals surface area contributed by atoms with Gasteiger partial charge in [-0.05, 0) is 36.7 Å². The van der Waals surface area contributed by atoms with E-state index in [-0.39, 0.29) is 40.9 Å². The molecule has 0 radical (unpaired) electrons. The summed E-state index contributed by atoms with van der Waals surface area (Å²) in [4.78, 5) is 35.3. The van der Waals surface area contributed by atoms with Gasteiger partial charge in [-0.3, -0.25) is 9.59 Å². The van der Waals surface area contributed by atoms with Crippen LogP contribution in [0.1, 0.15) is 40.0 Å². The predicted molar refractivity (Wildman–Crippen MR) is 77.4 cm³/mol. The second kappa shape index (κ2) is 4.80. The van der Waals surface area contributed by atoms with E-state index in [9.17, 15) is 14.4 Å². The Bertz CT molecular complexity index is 629. The van der Waals surface area contributed by atoms with Gasteiger partial charge in [0.05, 0.1) is 0 Å². The summed E-state index contributed by atoms with van der Waals surface area (Å²) >= 11 is 0. The molecule has 1 aliphatic heterocycles. The van der Waals surface area contributed by atoms with Gasteiger partial charge in [0.2, 0.25) is 0 Å². The van der Waals surface area contributed by atoms with Crippen molar-refractivity contribution < 1.29 is 23.9 Å². The van der Waals surface area contributed by atoms with E-state index in [1.807, 2.05) is 6.92 Å². The summed E-state index contributed by atoms with van der Waals surface area (Å²) in [6.07, 6.45) is 1.47. The molecule has 1 unspecified atom stereocenters. The summed E-state index contributed by atoms with van der Waals surface area (Å²) in [5, 5.41) is 0. The first kappa shape index (κ1) is 15.0. The highest BCUT2D eigenvalue weighted by Gasteiger charge is 2.55. The average molecular weight is 304 g/mol. The Balaban J connectivity index is 1.98. The van der Waals surface area contributed by atoms with Crippen LogP contribution in [0.3, 0.4) is 0 Å². The maximum Gasteiger partial charge on any atom is 0.334 e. The molecule has 0 aromatic carbocycles. The van der Waals surface area contributed by atoms with Crippen LogP contribution in [-0.4, -0.2) is 23.8 Å². The van der Waals surface area contributed by atoms with Gasteiger partial charge in [0.1, 0.15) is 6.10 Å². The highest BCUT2D eigenvalue weighted by Crippen LogP contribution is 2.56. The Kier molecular flexibility index (Phi) is 3.27. The van der Waals surface area contributed by atoms with E-state index >= 15 is 0 Å². The standard InChI is InChI=1S/C17H20O5/c1-8-11-5-12-9(2)15(21-10(3)18)13(19)6-17(12,4)7-14(11)22-16(8)20/h11-12,14H,1,5-7H2,2-4H3/t11-,12?,14-,17-/m1/s1. The lowest BCUT2D eigenvalue weighted by Gasteiger charge is -2.48. The van der Waals surface area contributed by atoms with Crippen LogP contribution < -0.4 is 0 Å². The monoisotopic (exact) mass is 304 g/mol. The van der Waals surface area contributed by atoms with E-state index in [4.69, 9.17) is 9.47 Å². The number of hydrogen-bond acceptors (Lipinski definition) is 5. The van der Waals surface area contributed by atoms with Gasteiger partial charge in [0, 0.05) is 24.8 Å². The molecule has 118 valence electrons. The lowest BCUT2D eigenvalue weighted by molar-refractivity contribution is -0.146. The van der Waals surface area contributed by atoms with Crippen molar-refractivity contribution in [2.24, 2.45) is 17.3 Å². The number of carbonyl (C=O) groups excluding carboxylic acids is 3. The summed E-state index contributed by atoms with van der Waals surface area (Å²) in [6, 6.07) is 0. The van der Waals surface area contributed by atoms with E-state index in [1.165, 1.54) is 6.92 Å². The minimum atomic E-state index is -0.483. The van der Waals surface area contributed by atoms with E-state index in [0.29, 0.717) is 24.8 Å². The van der Waals surface area contributed by atoms with Gasteiger partial charge >= 0.3 is 11.9 Å². The first-order chi connectivity index (χ1) is 10.2. The Morgan fingerprint density at radius 1 is 1.41 bits per heavy atom. The van der Waals surface area contributed by atoms with Gasteiger partial charge in [0.15, 0.2) is 11.5 Å². The van der Waals surface area contributed by atoms with Crippen molar-refractivity contribution in [3.63, 3.8) is 0 Å². The minimum Gasteiger partial charge on any atom is -0.458 e. The maximum absolute atomic E-state index is 12.4. The molecule has 1 saturated heterocycles. The lowest BCUT2D eigenvalue weighted by Crippen LogP contribution is -2.46. The minimum absolute atomic E-state index is 0.00712. The Labute approximate surface area is 129 Å². The van der Waals surface area contributed by atoms with Crippen molar-refractivity contribution in [1.82, 2.24) is 0 Å². The number of carbonyl (C=O) groups is 3. The SMILES string of the molecule is C=C1C(=O)O[C@@H]2C[C@@]3(C)CC(=O)C(OC(C)=O)=C(C)C3C[C@H]12. The van der Waals surface area contributed by atoms with E-state index in [0.717, 1.165) is 5.57 Å². The summed E-state index contributed by atoms with van der Waals surface area (Å²) in [5.41, 5.74) is 1.06. The Hall–Kier alpha value is -1.91. The first-order valence-electron chi connectivity index (χ1n) is 7.55. The van der Waals surface area contributed by atoms with Crippen molar-refractivity contribution in [1.29, 1.82) is 0 Å². The first-order valence-corrected chi connectivity index (χ1v) is 7.55. The number of esters is 2. The van der Waals surface area contributed by atoms with Crippen LogP contribution in [0.5, 0.6) is 0 Å². The highest BCUT2D eigenvalue weighted by atomic mass is 16.6.